The molecule has 23 heavy (non-hydrogen) atoms. The molecule has 0 atom stereocenters. The quantitative estimate of drug-likeness (QED) is 0.850. The first kappa shape index (κ1) is 16.5. The topological polar surface area (TPSA) is 86.3 Å². The van der Waals surface area contributed by atoms with Gasteiger partial charge in [0, 0.05) is 16.8 Å². The maximum absolute atomic E-state index is 14.2. The molecule has 0 unspecified atom stereocenters. The van der Waals surface area contributed by atoms with Crippen LogP contribution in [0.3, 0.4) is 0 Å². The van der Waals surface area contributed by atoms with E-state index in [2.05, 4.69) is 5.43 Å². The Kier molecular flexibility index (Phi) is 4.68. The van der Waals surface area contributed by atoms with E-state index in [9.17, 15) is 14.0 Å². The van der Waals surface area contributed by atoms with Crippen molar-refractivity contribution >= 4 is 12.0 Å². The van der Waals surface area contributed by atoms with Crippen LogP contribution in [-0.2, 0) is 4.74 Å². The van der Waals surface area contributed by atoms with Crippen LogP contribution in [0.1, 0.15) is 28.7 Å². The third-order valence-corrected chi connectivity index (χ3v) is 3.49. The number of nitrogens with one attached hydrogen (secondary N) is 1. The molecule has 0 aliphatic rings. The van der Waals surface area contributed by atoms with Crippen molar-refractivity contribution in [2.24, 2.45) is 5.73 Å². The van der Waals surface area contributed by atoms with E-state index in [1.165, 1.54) is 10.7 Å². The number of hydrogen-bond donors (Lipinski definition) is 2. The number of aromatic nitrogens is 1. The number of esters is 1. The second-order valence-electron chi connectivity index (χ2n) is 4.93. The van der Waals surface area contributed by atoms with Gasteiger partial charge in [0.1, 0.15) is 5.82 Å². The first-order chi connectivity index (χ1) is 10.9. The van der Waals surface area contributed by atoms with E-state index in [1.54, 1.807) is 39.0 Å². The van der Waals surface area contributed by atoms with E-state index < -0.39 is 17.8 Å². The summed E-state index contributed by atoms with van der Waals surface area (Å²) in [6.07, 6.45) is 0. The summed E-state index contributed by atoms with van der Waals surface area (Å²) < 4.78 is 20.6. The summed E-state index contributed by atoms with van der Waals surface area (Å²) in [6.45, 7) is 5.15. The van der Waals surface area contributed by atoms with Gasteiger partial charge < -0.3 is 10.5 Å². The van der Waals surface area contributed by atoms with E-state index in [0.29, 0.717) is 17.0 Å². The van der Waals surface area contributed by atoms with Gasteiger partial charge in [0.05, 0.1) is 17.9 Å². The van der Waals surface area contributed by atoms with Crippen molar-refractivity contribution in [3.8, 4) is 11.1 Å². The van der Waals surface area contributed by atoms with Gasteiger partial charge >= 0.3 is 12.0 Å². The molecule has 7 heteroatoms. The third kappa shape index (κ3) is 3.03. The van der Waals surface area contributed by atoms with Crippen LogP contribution >= 0.6 is 0 Å². The molecular weight excluding hydrogens is 301 g/mol. The standard InChI is InChI=1S/C16H18FN3O3/c1-4-23-15(21)14-10(3)20(19-16(18)22)9(2)13(14)11-7-5-6-8-12(11)17/h5-8H,4H2,1-3H3,(H3,18,19,22). The lowest BCUT2D eigenvalue weighted by Crippen LogP contribution is -2.29. The molecular formula is C16H18FN3O3. The molecule has 0 saturated heterocycles. The summed E-state index contributed by atoms with van der Waals surface area (Å²) in [5, 5.41) is 0. The SMILES string of the molecule is CCOC(=O)c1c(-c2ccccc2F)c(C)n(NC(N)=O)c1C. The number of amides is 2. The van der Waals surface area contributed by atoms with Gasteiger partial charge in [0.2, 0.25) is 0 Å². The van der Waals surface area contributed by atoms with Gasteiger partial charge in [0.25, 0.3) is 0 Å². The fraction of sp³-hybridized carbons (Fsp3) is 0.250. The van der Waals surface area contributed by atoms with Gasteiger partial charge in [-0.2, -0.15) is 0 Å². The number of benzene rings is 1. The molecule has 2 rings (SSSR count). The summed E-state index contributed by atoms with van der Waals surface area (Å²) >= 11 is 0. The molecule has 0 radical (unpaired) electrons. The lowest BCUT2D eigenvalue weighted by molar-refractivity contribution is 0.0526. The fourth-order valence-corrected chi connectivity index (χ4v) is 2.56. The van der Waals surface area contributed by atoms with Gasteiger partial charge in [-0.15, -0.1) is 0 Å². The third-order valence-electron chi connectivity index (χ3n) is 3.49. The van der Waals surface area contributed by atoms with E-state index in [1.807, 2.05) is 0 Å². The number of rotatable bonds is 4. The minimum Gasteiger partial charge on any atom is -0.462 e. The van der Waals surface area contributed by atoms with Crippen LogP contribution in [0.15, 0.2) is 24.3 Å². The Morgan fingerprint density at radius 3 is 2.48 bits per heavy atom. The Bertz CT molecular complexity index is 768. The molecule has 2 aromatic rings. The molecule has 1 aromatic heterocycles. The summed E-state index contributed by atoms with van der Waals surface area (Å²) in [5.74, 6) is -1.06. The first-order valence-electron chi connectivity index (χ1n) is 7.08. The molecule has 0 spiro atoms. The van der Waals surface area contributed by atoms with Crippen LogP contribution in [0.25, 0.3) is 11.1 Å². The zero-order valence-electron chi connectivity index (χ0n) is 13.1. The minimum atomic E-state index is -0.790. The number of urea groups is 1. The molecule has 3 N–H and O–H groups in total. The van der Waals surface area contributed by atoms with Crippen LogP contribution in [0.5, 0.6) is 0 Å². The van der Waals surface area contributed by atoms with Crippen LogP contribution in [0.4, 0.5) is 9.18 Å². The summed E-state index contributed by atoms with van der Waals surface area (Å²) in [6, 6.07) is 5.30. The van der Waals surface area contributed by atoms with E-state index in [0.717, 1.165) is 0 Å². The molecule has 0 bridgehead atoms. The van der Waals surface area contributed by atoms with Crippen LogP contribution in [0.2, 0.25) is 0 Å². The van der Waals surface area contributed by atoms with E-state index in [4.69, 9.17) is 10.5 Å². The van der Waals surface area contributed by atoms with Crippen LogP contribution < -0.4 is 11.2 Å². The Hall–Kier alpha value is -2.83. The molecule has 6 nitrogen and oxygen atoms in total. The highest BCUT2D eigenvalue weighted by atomic mass is 19.1. The first-order valence-corrected chi connectivity index (χ1v) is 7.08. The van der Waals surface area contributed by atoms with Crippen LogP contribution in [0, 0.1) is 19.7 Å². The number of nitrogens with two attached hydrogens (primary N) is 1. The molecule has 1 aromatic carbocycles. The average molecular weight is 319 g/mol. The lowest BCUT2D eigenvalue weighted by Gasteiger charge is -2.09. The zero-order valence-corrected chi connectivity index (χ0v) is 13.1. The predicted molar refractivity (Wildman–Crippen MR) is 84.2 cm³/mol. The van der Waals surface area contributed by atoms with E-state index in [-0.39, 0.29) is 17.7 Å². The van der Waals surface area contributed by atoms with Gasteiger partial charge in [-0.1, -0.05) is 18.2 Å². The van der Waals surface area contributed by atoms with Gasteiger partial charge in [-0.05, 0) is 26.8 Å². The maximum Gasteiger partial charge on any atom is 0.340 e. The Morgan fingerprint density at radius 2 is 1.91 bits per heavy atom. The Labute approximate surface area is 133 Å². The Balaban J connectivity index is 2.75. The van der Waals surface area contributed by atoms with Crippen molar-refractivity contribution in [1.29, 1.82) is 0 Å². The van der Waals surface area contributed by atoms with Crippen molar-refractivity contribution in [3.63, 3.8) is 0 Å². The van der Waals surface area contributed by atoms with Gasteiger partial charge in [-0.25, -0.2) is 19.4 Å². The van der Waals surface area contributed by atoms with Crippen LogP contribution in [-0.4, -0.2) is 23.3 Å². The largest absolute Gasteiger partial charge is 0.462 e. The number of nitrogens with zero attached hydrogens (tertiary/aromatic N) is 1. The van der Waals surface area contributed by atoms with Crippen molar-refractivity contribution in [2.75, 3.05) is 12.0 Å². The van der Waals surface area contributed by atoms with Gasteiger partial charge in [-0.3, -0.25) is 4.68 Å². The number of halogens is 1. The fourth-order valence-electron chi connectivity index (χ4n) is 2.56. The second kappa shape index (κ2) is 6.51. The van der Waals surface area contributed by atoms with Gasteiger partial charge in [0.15, 0.2) is 0 Å². The number of ether oxygens (including phenoxy) is 1. The molecule has 122 valence electrons. The molecule has 0 fully saturated rings. The molecule has 2 amide bonds. The van der Waals surface area contributed by atoms with E-state index >= 15 is 0 Å². The summed E-state index contributed by atoms with van der Waals surface area (Å²) in [7, 11) is 0. The molecule has 0 aliphatic carbocycles. The predicted octanol–water partition coefficient (Wildman–Crippen LogP) is 2.71. The highest BCUT2D eigenvalue weighted by Gasteiger charge is 2.27. The Morgan fingerprint density at radius 1 is 1.26 bits per heavy atom. The molecule has 1 heterocycles. The number of carbonyl (C=O) groups is 2. The number of primary amides is 1. The monoisotopic (exact) mass is 319 g/mol. The van der Waals surface area contributed by atoms with Crippen molar-refractivity contribution < 1.29 is 18.7 Å². The highest BCUT2D eigenvalue weighted by molar-refractivity contribution is 6.00. The second-order valence-corrected chi connectivity index (χ2v) is 4.93. The average Bonchev–Trinajstić information content (AvgIpc) is 2.72. The lowest BCUT2D eigenvalue weighted by atomic mass is 10.00. The highest BCUT2D eigenvalue weighted by Crippen LogP contribution is 2.33. The minimum absolute atomic E-state index is 0.183. The smallest absolute Gasteiger partial charge is 0.340 e. The molecule has 0 aliphatic heterocycles. The van der Waals surface area contributed by atoms with Crippen molar-refractivity contribution in [3.05, 3.63) is 47.0 Å². The summed E-state index contributed by atoms with van der Waals surface area (Å²) in [5.41, 5.74) is 9.29. The zero-order chi connectivity index (χ0) is 17.1. The number of carbonyl (C=O) groups excluding carboxylic acids is 2. The van der Waals surface area contributed by atoms with Crippen molar-refractivity contribution in [2.45, 2.75) is 20.8 Å². The number of hydrogen-bond acceptors (Lipinski definition) is 3. The summed E-state index contributed by atoms with van der Waals surface area (Å²) in [4.78, 5) is 23.5. The molecule has 0 saturated carbocycles. The maximum atomic E-state index is 14.2. The van der Waals surface area contributed by atoms with Crippen molar-refractivity contribution in [1.82, 2.24) is 4.68 Å². The normalized spacial score (nSPS) is 10.4.